The molecule has 0 saturated heterocycles. The Kier molecular flexibility index (Phi) is 4.30. The Bertz CT molecular complexity index is 423. The van der Waals surface area contributed by atoms with Gasteiger partial charge in [-0.1, -0.05) is 18.0 Å². The first kappa shape index (κ1) is 13.8. The first-order valence-electron chi connectivity index (χ1n) is 6.35. The highest BCUT2D eigenvalue weighted by Crippen LogP contribution is 2.41. The predicted octanol–water partition coefficient (Wildman–Crippen LogP) is 2.88. The molecule has 0 unspecified atom stereocenters. The van der Waals surface area contributed by atoms with Crippen molar-refractivity contribution in [2.75, 3.05) is 13.1 Å². The third kappa shape index (κ3) is 2.56. The van der Waals surface area contributed by atoms with Crippen LogP contribution in [0.1, 0.15) is 31.1 Å². The van der Waals surface area contributed by atoms with Crippen LogP contribution < -0.4 is 5.73 Å². The molecule has 0 radical (unpaired) electrons. The maximum atomic E-state index is 12.5. The third-order valence-corrected chi connectivity index (χ3v) is 5.02. The van der Waals surface area contributed by atoms with E-state index in [1.165, 1.54) is 11.3 Å². The lowest BCUT2D eigenvalue weighted by Gasteiger charge is -2.42. The summed E-state index contributed by atoms with van der Waals surface area (Å²) in [4.78, 5) is 15.6. The van der Waals surface area contributed by atoms with Crippen LogP contribution in [0.15, 0.2) is 12.1 Å². The van der Waals surface area contributed by atoms with Crippen LogP contribution in [-0.4, -0.2) is 23.9 Å². The number of thiophene rings is 1. The number of halogens is 1. The second-order valence-corrected chi connectivity index (χ2v) is 6.66. The summed E-state index contributed by atoms with van der Waals surface area (Å²) in [5.41, 5.74) is 5.51. The van der Waals surface area contributed by atoms with Crippen molar-refractivity contribution < 1.29 is 4.79 Å². The van der Waals surface area contributed by atoms with Crippen molar-refractivity contribution in [3.05, 3.63) is 21.3 Å². The van der Waals surface area contributed by atoms with E-state index < -0.39 is 0 Å². The Morgan fingerprint density at radius 1 is 1.56 bits per heavy atom. The van der Waals surface area contributed by atoms with E-state index in [0.29, 0.717) is 13.1 Å². The molecule has 0 aromatic carbocycles. The summed E-state index contributed by atoms with van der Waals surface area (Å²) < 4.78 is 0.769. The van der Waals surface area contributed by atoms with Crippen LogP contribution in [0.4, 0.5) is 0 Å². The van der Waals surface area contributed by atoms with E-state index in [4.69, 9.17) is 17.3 Å². The van der Waals surface area contributed by atoms with Crippen LogP contribution >= 0.6 is 22.9 Å². The second-order valence-electron chi connectivity index (χ2n) is 4.86. The Hall–Kier alpha value is -0.580. The number of nitrogens with zero attached hydrogens (tertiary/aromatic N) is 1. The number of hydrogen-bond donors (Lipinski definition) is 1. The van der Waals surface area contributed by atoms with Gasteiger partial charge in [0.15, 0.2) is 0 Å². The summed E-state index contributed by atoms with van der Waals surface area (Å²) in [7, 11) is 0. The Balaban J connectivity index is 2.06. The van der Waals surface area contributed by atoms with Crippen molar-refractivity contribution in [2.24, 2.45) is 11.1 Å². The maximum absolute atomic E-state index is 12.5. The molecule has 1 fully saturated rings. The van der Waals surface area contributed by atoms with E-state index in [9.17, 15) is 4.79 Å². The van der Waals surface area contributed by atoms with Gasteiger partial charge in [-0.2, -0.15) is 0 Å². The molecule has 0 atom stereocenters. The topological polar surface area (TPSA) is 46.3 Å². The summed E-state index contributed by atoms with van der Waals surface area (Å²) in [6, 6.07) is 3.86. The van der Waals surface area contributed by atoms with Gasteiger partial charge in [-0.15, -0.1) is 11.3 Å². The summed E-state index contributed by atoms with van der Waals surface area (Å²) >= 11 is 7.45. The van der Waals surface area contributed by atoms with Gasteiger partial charge in [0, 0.05) is 18.0 Å². The normalized spacial score (nSPS) is 17.3. The highest BCUT2D eigenvalue weighted by Gasteiger charge is 2.44. The van der Waals surface area contributed by atoms with Crippen LogP contribution in [0.3, 0.4) is 0 Å². The molecule has 0 bridgehead atoms. The SMILES string of the molecule is CCN(Cc1ccc(Cl)s1)C(=O)C1(CN)CCC1. The molecule has 3 nitrogen and oxygen atoms in total. The molecule has 0 aliphatic heterocycles. The van der Waals surface area contributed by atoms with Crippen molar-refractivity contribution in [1.82, 2.24) is 4.90 Å². The van der Waals surface area contributed by atoms with Gasteiger partial charge in [-0.25, -0.2) is 0 Å². The van der Waals surface area contributed by atoms with Gasteiger partial charge >= 0.3 is 0 Å². The molecular formula is C13H19ClN2OS. The molecule has 1 aromatic heterocycles. The monoisotopic (exact) mass is 286 g/mol. The molecule has 2 N–H and O–H groups in total. The fourth-order valence-electron chi connectivity index (χ4n) is 2.40. The standard InChI is InChI=1S/C13H19ClN2OS/c1-2-16(8-10-4-5-11(14)18-10)12(17)13(9-15)6-3-7-13/h4-5H,2-3,6-9,15H2,1H3. The summed E-state index contributed by atoms with van der Waals surface area (Å²) in [6.45, 7) is 3.84. The van der Waals surface area contributed by atoms with E-state index in [1.54, 1.807) is 0 Å². The molecule has 1 saturated carbocycles. The lowest BCUT2D eigenvalue weighted by atomic mass is 9.68. The van der Waals surface area contributed by atoms with Gasteiger partial charge < -0.3 is 10.6 Å². The van der Waals surface area contributed by atoms with Crippen molar-refractivity contribution in [3.63, 3.8) is 0 Å². The number of carbonyl (C=O) groups is 1. The first-order chi connectivity index (χ1) is 8.61. The number of hydrogen-bond acceptors (Lipinski definition) is 3. The van der Waals surface area contributed by atoms with E-state index in [-0.39, 0.29) is 11.3 Å². The zero-order chi connectivity index (χ0) is 13.2. The molecule has 0 spiro atoms. The Labute approximate surface area is 117 Å². The summed E-state index contributed by atoms with van der Waals surface area (Å²) in [5, 5.41) is 0. The van der Waals surface area contributed by atoms with Gasteiger partial charge in [0.1, 0.15) is 0 Å². The van der Waals surface area contributed by atoms with Crippen molar-refractivity contribution in [2.45, 2.75) is 32.7 Å². The quantitative estimate of drug-likeness (QED) is 0.905. The second kappa shape index (κ2) is 5.59. The Morgan fingerprint density at radius 3 is 2.67 bits per heavy atom. The average Bonchev–Trinajstić information content (AvgIpc) is 2.71. The highest BCUT2D eigenvalue weighted by atomic mass is 35.5. The van der Waals surface area contributed by atoms with Crippen molar-refractivity contribution in [1.29, 1.82) is 0 Å². The Morgan fingerprint density at radius 2 is 2.28 bits per heavy atom. The lowest BCUT2D eigenvalue weighted by Crippen LogP contribution is -2.51. The molecule has 1 aliphatic rings. The molecule has 2 rings (SSSR count). The van der Waals surface area contributed by atoms with Crippen LogP contribution in [0.2, 0.25) is 4.34 Å². The average molecular weight is 287 g/mol. The molecule has 100 valence electrons. The van der Waals surface area contributed by atoms with Crippen LogP contribution in [-0.2, 0) is 11.3 Å². The number of carbonyl (C=O) groups excluding carboxylic acids is 1. The van der Waals surface area contributed by atoms with E-state index in [2.05, 4.69) is 0 Å². The molecule has 1 heterocycles. The van der Waals surface area contributed by atoms with Crippen LogP contribution in [0.25, 0.3) is 0 Å². The van der Waals surface area contributed by atoms with Crippen molar-refractivity contribution >= 4 is 28.8 Å². The molecular weight excluding hydrogens is 268 g/mol. The number of amides is 1. The van der Waals surface area contributed by atoms with Crippen LogP contribution in [0, 0.1) is 5.41 Å². The van der Waals surface area contributed by atoms with Crippen LogP contribution in [0.5, 0.6) is 0 Å². The third-order valence-electron chi connectivity index (χ3n) is 3.80. The zero-order valence-corrected chi connectivity index (χ0v) is 12.2. The fraction of sp³-hybridized carbons (Fsp3) is 0.615. The van der Waals surface area contributed by atoms with Gasteiger partial charge in [-0.05, 0) is 31.9 Å². The molecule has 1 amide bonds. The maximum Gasteiger partial charge on any atom is 0.230 e. The number of nitrogens with two attached hydrogens (primary N) is 1. The molecule has 1 aromatic rings. The largest absolute Gasteiger partial charge is 0.337 e. The highest BCUT2D eigenvalue weighted by molar-refractivity contribution is 7.16. The minimum Gasteiger partial charge on any atom is -0.337 e. The smallest absolute Gasteiger partial charge is 0.230 e. The number of rotatable bonds is 5. The summed E-state index contributed by atoms with van der Waals surface area (Å²) in [6.07, 6.45) is 2.99. The van der Waals surface area contributed by atoms with Gasteiger partial charge in [0.05, 0.1) is 16.3 Å². The lowest BCUT2D eigenvalue weighted by molar-refractivity contribution is -0.147. The minimum absolute atomic E-state index is 0.211. The molecule has 1 aliphatic carbocycles. The van der Waals surface area contributed by atoms with Gasteiger partial charge in [-0.3, -0.25) is 4.79 Å². The van der Waals surface area contributed by atoms with Gasteiger partial charge in [0.2, 0.25) is 5.91 Å². The van der Waals surface area contributed by atoms with Crippen molar-refractivity contribution in [3.8, 4) is 0 Å². The molecule has 18 heavy (non-hydrogen) atoms. The van der Waals surface area contributed by atoms with E-state index >= 15 is 0 Å². The first-order valence-corrected chi connectivity index (χ1v) is 7.54. The summed E-state index contributed by atoms with van der Waals surface area (Å²) in [5.74, 6) is 0.211. The fourth-order valence-corrected chi connectivity index (χ4v) is 3.50. The van der Waals surface area contributed by atoms with E-state index in [1.807, 2.05) is 24.0 Å². The zero-order valence-electron chi connectivity index (χ0n) is 10.6. The minimum atomic E-state index is -0.281. The predicted molar refractivity (Wildman–Crippen MR) is 75.8 cm³/mol. The molecule has 5 heteroatoms. The van der Waals surface area contributed by atoms with Gasteiger partial charge in [0.25, 0.3) is 0 Å². The van der Waals surface area contributed by atoms with E-state index in [0.717, 1.165) is 35.0 Å².